The summed E-state index contributed by atoms with van der Waals surface area (Å²) in [6.07, 6.45) is 8.35. The Kier molecular flexibility index (Phi) is 6.86. The Morgan fingerprint density at radius 1 is 1.22 bits per heavy atom. The van der Waals surface area contributed by atoms with Gasteiger partial charge in [0.25, 0.3) is 0 Å². The number of allylic oxidation sites excluding steroid dienone is 5. The number of halogens is 1. The Balaban J connectivity index is 2.53. The average Bonchev–Trinajstić information content (AvgIpc) is 2.60. The Bertz CT molecular complexity index is 809. The summed E-state index contributed by atoms with van der Waals surface area (Å²) in [6.45, 7) is 7.61. The van der Waals surface area contributed by atoms with E-state index < -0.39 is 23.6 Å². The number of ether oxygens (including phenoxy) is 1. The van der Waals surface area contributed by atoms with E-state index in [1.165, 1.54) is 6.08 Å². The Morgan fingerprint density at radius 3 is 2.59 bits per heavy atom. The van der Waals surface area contributed by atoms with Crippen LogP contribution in [0.4, 0.5) is 0 Å². The number of cyclic esters (lactones) is 1. The molecule has 0 unspecified atom stereocenters. The van der Waals surface area contributed by atoms with Crippen LogP contribution in [0.15, 0.2) is 43.0 Å². The summed E-state index contributed by atoms with van der Waals surface area (Å²) in [5.74, 6) is -1.82. The van der Waals surface area contributed by atoms with E-state index in [2.05, 4.69) is 6.58 Å². The fourth-order valence-corrected chi connectivity index (χ4v) is 3.27. The van der Waals surface area contributed by atoms with Gasteiger partial charge in [-0.3, -0.25) is 4.79 Å². The third-order valence-electron chi connectivity index (χ3n) is 4.57. The lowest BCUT2D eigenvalue weighted by Crippen LogP contribution is -2.22. The maximum atomic E-state index is 12.7. The molecule has 144 valence electrons. The molecule has 1 heterocycles. The van der Waals surface area contributed by atoms with Crippen molar-refractivity contribution in [2.75, 3.05) is 0 Å². The van der Waals surface area contributed by atoms with Crippen LogP contribution < -0.4 is 0 Å². The largest absolute Gasteiger partial charge is 0.507 e. The zero-order chi connectivity index (χ0) is 20.1. The van der Waals surface area contributed by atoms with Crippen LogP contribution in [0.2, 0.25) is 5.02 Å². The van der Waals surface area contributed by atoms with Crippen molar-refractivity contribution < 1.29 is 24.5 Å². The summed E-state index contributed by atoms with van der Waals surface area (Å²) < 4.78 is 5.47. The van der Waals surface area contributed by atoms with Crippen molar-refractivity contribution in [1.82, 2.24) is 0 Å². The molecule has 1 aromatic rings. The first-order valence-corrected chi connectivity index (χ1v) is 9.06. The van der Waals surface area contributed by atoms with Crippen LogP contribution in [0, 0.1) is 11.8 Å². The first-order chi connectivity index (χ1) is 12.7. The van der Waals surface area contributed by atoms with Gasteiger partial charge >= 0.3 is 5.97 Å². The fraction of sp³-hybridized carbons (Fsp3) is 0.333. The topological polar surface area (TPSA) is 83.8 Å². The zero-order valence-electron chi connectivity index (χ0n) is 15.3. The third-order valence-corrected chi connectivity index (χ3v) is 5.00. The Hall–Kier alpha value is -2.53. The van der Waals surface area contributed by atoms with E-state index in [9.17, 15) is 19.8 Å². The van der Waals surface area contributed by atoms with Crippen molar-refractivity contribution in [2.24, 2.45) is 11.8 Å². The highest BCUT2D eigenvalue weighted by molar-refractivity contribution is 6.33. The Morgan fingerprint density at radius 2 is 1.93 bits per heavy atom. The van der Waals surface area contributed by atoms with Gasteiger partial charge in [-0.2, -0.15) is 0 Å². The van der Waals surface area contributed by atoms with Crippen molar-refractivity contribution >= 4 is 23.4 Å². The minimum absolute atomic E-state index is 0.0377. The van der Waals surface area contributed by atoms with Crippen molar-refractivity contribution in [2.45, 2.75) is 32.8 Å². The van der Waals surface area contributed by atoms with Gasteiger partial charge in [0.2, 0.25) is 0 Å². The maximum Gasteiger partial charge on any atom is 0.342 e. The van der Waals surface area contributed by atoms with Crippen LogP contribution in [0.5, 0.6) is 11.5 Å². The molecular formula is C21H23ClO5. The molecule has 0 saturated carbocycles. The zero-order valence-corrected chi connectivity index (χ0v) is 16.1. The molecule has 0 fully saturated rings. The average molecular weight is 391 g/mol. The predicted octanol–water partition coefficient (Wildman–Crippen LogP) is 4.36. The number of benzene rings is 1. The van der Waals surface area contributed by atoms with E-state index in [1.54, 1.807) is 25.2 Å². The first kappa shape index (κ1) is 20.8. The number of fused-ring (bicyclic) bond motifs is 1. The molecule has 0 aromatic heterocycles. The summed E-state index contributed by atoms with van der Waals surface area (Å²) in [4.78, 5) is 24.9. The standard InChI is InChI=1S/C21H23ClO5/c1-4-14-9-13(3)27-21(26)19-16(20(22)18(25)11-17(19)24)10-15(23)8-6-5-7-12(14)2/h4-8,11-14,24-25H,1,9-10H2,2-3H3/b7-5-,8-6+/t12-,13-,14-/m1/s1. The van der Waals surface area contributed by atoms with Crippen molar-refractivity contribution in [3.8, 4) is 11.5 Å². The van der Waals surface area contributed by atoms with E-state index >= 15 is 0 Å². The minimum Gasteiger partial charge on any atom is -0.507 e. The lowest BCUT2D eigenvalue weighted by atomic mass is 9.88. The van der Waals surface area contributed by atoms with Crippen LogP contribution in [0.1, 0.15) is 36.2 Å². The summed E-state index contributed by atoms with van der Waals surface area (Å²) in [5.41, 5.74) is -0.169. The maximum absolute atomic E-state index is 12.7. The van der Waals surface area contributed by atoms with Crippen LogP contribution in [0.25, 0.3) is 0 Å². The molecule has 0 spiro atoms. The molecular weight excluding hydrogens is 368 g/mol. The van der Waals surface area contributed by atoms with Gasteiger partial charge in [-0.25, -0.2) is 4.79 Å². The molecule has 27 heavy (non-hydrogen) atoms. The quantitative estimate of drug-likeness (QED) is 0.549. The first-order valence-electron chi connectivity index (χ1n) is 8.69. The van der Waals surface area contributed by atoms with E-state index in [0.29, 0.717) is 6.42 Å². The highest BCUT2D eigenvalue weighted by Crippen LogP contribution is 2.37. The lowest BCUT2D eigenvalue weighted by Gasteiger charge is -2.23. The number of esters is 1. The van der Waals surface area contributed by atoms with E-state index in [0.717, 1.165) is 6.07 Å². The third kappa shape index (κ3) is 5.01. The van der Waals surface area contributed by atoms with Gasteiger partial charge in [0.1, 0.15) is 17.1 Å². The van der Waals surface area contributed by atoms with Gasteiger partial charge in [-0.05, 0) is 31.3 Å². The van der Waals surface area contributed by atoms with Gasteiger partial charge in [0.05, 0.1) is 11.1 Å². The van der Waals surface area contributed by atoms with Gasteiger partial charge in [0, 0.05) is 18.1 Å². The van der Waals surface area contributed by atoms with Gasteiger partial charge in [0.15, 0.2) is 5.78 Å². The number of phenols is 2. The van der Waals surface area contributed by atoms with Gasteiger partial charge in [-0.15, -0.1) is 6.58 Å². The minimum atomic E-state index is -0.795. The molecule has 2 rings (SSSR count). The summed E-state index contributed by atoms with van der Waals surface area (Å²) in [5, 5.41) is 19.9. The second kappa shape index (κ2) is 8.91. The molecule has 5 nitrogen and oxygen atoms in total. The highest BCUT2D eigenvalue weighted by atomic mass is 35.5. The number of ketones is 1. The van der Waals surface area contributed by atoms with E-state index in [4.69, 9.17) is 16.3 Å². The van der Waals surface area contributed by atoms with Gasteiger partial charge in [-0.1, -0.05) is 42.8 Å². The number of carbonyl (C=O) groups is 2. The second-order valence-electron chi connectivity index (χ2n) is 6.68. The molecule has 1 aliphatic heterocycles. The molecule has 0 amide bonds. The molecule has 0 aliphatic carbocycles. The van der Waals surface area contributed by atoms with Crippen LogP contribution in [0.3, 0.4) is 0 Å². The molecule has 2 N–H and O–H groups in total. The van der Waals surface area contributed by atoms with Crippen LogP contribution in [-0.4, -0.2) is 28.1 Å². The van der Waals surface area contributed by atoms with E-state index in [-0.39, 0.29) is 40.2 Å². The summed E-state index contributed by atoms with van der Waals surface area (Å²) in [7, 11) is 0. The number of hydrogen-bond donors (Lipinski definition) is 2. The molecule has 3 atom stereocenters. The molecule has 0 radical (unpaired) electrons. The van der Waals surface area contributed by atoms with Crippen LogP contribution in [-0.2, 0) is 16.0 Å². The molecule has 1 aliphatic rings. The fourth-order valence-electron chi connectivity index (χ4n) is 3.05. The number of rotatable bonds is 1. The number of carbonyl (C=O) groups excluding carboxylic acids is 2. The second-order valence-corrected chi connectivity index (χ2v) is 7.06. The van der Waals surface area contributed by atoms with Crippen molar-refractivity contribution in [1.29, 1.82) is 0 Å². The molecule has 6 heteroatoms. The lowest BCUT2D eigenvalue weighted by molar-refractivity contribution is -0.114. The predicted molar refractivity (Wildman–Crippen MR) is 104 cm³/mol. The van der Waals surface area contributed by atoms with Crippen molar-refractivity contribution in [3.63, 3.8) is 0 Å². The molecule has 0 saturated heterocycles. The van der Waals surface area contributed by atoms with Crippen molar-refractivity contribution in [3.05, 3.63) is 59.2 Å². The number of hydrogen-bond acceptors (Lipinski definition) is 5. The number of aromatic hydroxyl groups is 2. The monoisotopic (exact) mass is 390 g/mol. The van der Waals surface area contributed by atoms with Crippen LogP contribution >= 0.6 is 11.6 Å². The summed E-state index contributed by atoms with van der Waals surface area (Å²) in [6, 6.07) is 0.966. The summed E-state index contributed by atoms with van der Waals surface area (Å²) >= 11 is 6.09. The van der Waals surface area contributed by atoms with E-state index in [1.807, 2.05) is 13.0 Å². The molecule has 0 bridgehead atoms. The normalized spacial score (nSPS) is 26.4. The Labute approximate surface area is 163 Å². The highest BCUT2D eigenvalue weighted by Gasteiger charge is 2.27. The molecule has 1 aromatic carbocycles. The van der Waals surface area contributed by atoms with Gasteiger partial charge < -0.3 is 14.9 Å². The smallest absolute Gasteiger partial charge is 0.342 e. The number of phenolic OH excluding ortho intramolecular Hbond substituents is 2. The SMILES string of the molecule is C=C[C@@H]1C[C@@H](C)OC(=O)c2c(O)cc(O)c(Cl)c2CC(=O)/C=C/C=C\[C@H]1C.